The number of hydrogen-bond donors (Lipinski definition) is 3. The fourth-order valence-electron chi connectivity index (χ4n) is 2.35. The van der Waals surface area contributed by atoms with Gasteiger partial charge in [0.05, 0.1) is 6.04 Å². The van der Waals surface area contributed by atoms with Crippen LogP contribution in [0.15, 0.2) is 42.5 Å². The Kier molecular flexibility index (Phi) is 6.15. The Morgan fingerprint density at radius 2 is 1.59 bits per heavy atom. The first kappa shape index (κ1) is 20.4. The van der Waals surface area contributed by atoms with Crippen molar-refractivity contribution >= 4 is 17.6 Å². The topological polar surface area (TPSA) is 70.2 Å². The van der Waals surface area contributed by atoms with E-state index in [1.54, 1.807) is 31.2 Å². The first-order valence-corrected chi connectivity index (χ1v) is 8.50. The number of benzene rings is 2. The molecule has 1 unspecified atom stereocenters. The van der Waals surface area contributed by atoms with Crippen molar-refractivity contribution in [1.82, 2.24) is 10.6 Å². The summed E-state index contributed by atoms with van der Waals surface area (Å²) in [7, 11) is 0. The van der Waals surface area contributed by atoms with Crippen LogP contribution in [0.4, 0.5) is 19.3 Å². The molecule has 144 valence electrons. The first-order valence-electron chi connectivity index (χ1n) is 8.50. The minimum atomic E-state index is -0.967. The molecule has 3 N–H and O–H groups in total. The highest BCUT2D eigenvalue weighted by atomic mass is 19.2. The molecule has 2 rings (SSSR count). The van der Waals surface area contributed by atoms with Crippen molar-refractivity contribution in [2.45, 2.75) is 39.3 Å². The Hall–Kier alpha value is -2.96. The molecule has 2 aromatic carbocycles. The molecule has 0 spiro atoms. The molecule has 0 radical (unpaired) electrons. The lowest BCUT2D eigenvalue weighted by molar-refractivity contribution is 0.0919. The minimum absolute atomic E-state index is 0.203. The average molecular weight is 375 g/mol. The highest BCUT2D eigenvalue weighted by Gasteiger charge is 2.16. The van der Waals surface area contributed by atoms with E-state index in [1.807, 2.05) is 20.8 Å². The molecule has 0 saturated carbocycles. The number of anilines is 1. The second-order valence-corrected chi connectivity index (χ2v) is 7.28. The van der Waals surface area contributed by atoms with Gasteiger partial charge in [-0.1, -0.05) is 6.07 Å². The van der Waals surface area contributed by atoms with E-state index < -0.39 is 23.7 Å². The normalized spacial score (nSPS) is 12.2. The van der Waals surface area contributed by atoms with Crippen molar-refractivity contribution in [3.05, 3.63) is 65.2 Å². The van der Waals surface area contributed by atoms with Crippen molar-refractivity contribution in [2.75, 3.05) is 5.32 Å². The van der Waals surface area contributed by atoms with Crippen LogP contribution in [-0.4, -0.2) is 17.5 Å². The fraction of sp³-hybridized carbons (Fsp3) is 0.300. The van der Waals surface area contributed by atoms with Crippen molar-refractivity contribution in [1.29, 1.82) is 0 Å². The molecule has 0 bridgehead atoms. The molecule has 0 aliphatic rings. The summed E-state index contributed by atoms with van der Waals surface area (Å²) >= 11 is 0. The molecule has 0 aliphatic carbocycles. The Morgan fingerprint density at radius 1 is 0.963 bits per heavy atom. The molecule has 2 aromatic rings. The van der Waals surface area contributed by atoms with E-state index in [-0.39, 0.29) is 11.4 Å². The van der Waals surface area contributed by atoms with Crippen LogP contribution in [0, 0.1) is 11.6 Å². The zero-order chi connectivity index (χ0) is 20.2. The Balaban J connectivity index is 1.95. The number of nitrogens with one attached hydrogen (secondary N) is 3. The quantitative estimate of drug-likeness (QED) is 0.742. The summed E-state index contributed by atoms with van der Waals surface area (Å²) in [4.78, 5) is 24.2. The van der Waals surface area contributed by atoms with Gasteiger partial charge in [0, 0.05) is 16.8 Å². The molecule has 0 saturated heterocycles. The first-order chi connectivity index (χ1) is 12.5. The second-order valence-electron chi connectivity index (χ2n) is 7.28. The fourth-order valence-corrected chi connectivity index (χ4v) is 2.35. The van der Waals surface area contributed by atoms with Crippen LogP contribution in [-0.2, 0) is 0 Å². The van der Waals surface area contributed by atoms with Crippen molar-refractivity contribution in [3.8, 4) is 0 Å². The second kappa shape index (κ2) is 8.16. The van der Waals surface area contributed by atoms with E-state index >= 15 is 0 Å². The predicted octanol–water partition coefficient (Wildman–Crippen LogP) is 4.38. The third-order valence-corrected chi connectivity index (χ3v) is 3.68. The van der Waals surface area contributed by atoms with Crippen LogP contribution in [0.2, 0.25) is 0 Å². The van der Waals surface area contributed by atoms with E-state index in [0.717, 1.165) is 12.1 Å². The standard InChI is InChI=1S/C20H23F2N3O2/c1-12(14-7-10-16(21)17(22)11-14)23-19(27)24-15-8-5-13(6-9-15)18(26)25-20(2,3)4/h5-12H,1-4H3,(H,25,26)(H2,23,24,27). The van der Waals surface area contributed by atoms with E-state index in [2.05, 4.69) is 16.0 Å². The molecular weight excluding hydrogens is 352 g/mol. The van der Waals surface area contributed by atoms with Crippen LogP contribution in [0.25, 0.3) is 0 Å². The van der Waals surface area contributed by atoms with Gasteiger partial charge in [0.1, 0.15) is 0 Å². The Bertz CT molecular complexity index is 830. The van der Waals surface area contributed by atoms with Gasteiger partial charge in [-0.25, -0.2) is 13.6 Å². The molecule has 5 nitrogen and oxygen atoms in total. The monoisotopic (exact) mass is 375 g/mol. The lowest BCUT2D eigenvalue weighted by Gasteiger charge is -2.20. The number of halogens is 2. The van der Waals surface area contributed by atoms with Gasteiger partial charge in [-0.15, -0.1) is 0 Å². The Labute approximate surface area is 157 Å². The van der Waals surface area contributed by atoms with E-state index in [0.29, 0.717) is 16.8 Å². The van der Waals surface area contributed by atoms with Crippen molar-refractivity contribution in [3.63, 3.8) is 0 Å². The number of carbonyl (C=O) groups excluding carboxylic acids is 2. The predicted molar refractivity (Wildman–Crippen MR) is 101 cm³/mol. The summed E-state index contributed by atoms with van der Waals surface area (Å²) < 4.78 is 26.3. The van der Waals surface area contributed by atoms with Crippen LogP contribution >= 0.6 is 0 Å². The van der Waals surface area contributed by atoms with Crippen molar-refractivity contribution in [2.24, 2.45) is 0 Å². The number of amides is 3. The number of hydrogen-bond acceptors (Lipinski definition) is 2. The SMILES string of the molecule is CC(NC(=O)Nc1ccc(C(=O)NC(C)(C)C)cc1)c1ccc(F)c(F)c1. The Morgan fingerprint density at radius 3 is 2.15 bits per heavy atom. The summed E-state index contributed by atoms with van der Waals surface area (Å²) in [6.07, 6.45) is 0. The molecule has 0 fully saturated rings. The van der Waals surface area contributed by atoms with Crippen molar-refractivity contribution < 1.29 is 18.4 Å². The van der Waals surface area contributed by atoms with Crippen LogP contribution in [0.3, 0.4) is 0 Å². The molecule has 0 aromatic heterocycles. The molecule has 0 heterocycles. The number of urea groups is 1. The van der Waals surface area contributed by atoms with Gasteiger partial charge in [0.25, 0.3) is 5.91 Å². The smallest absolute Gasteiger partial charge is 0.319 e. The van der Waals surface area contributed by atoms with Gasteiger partial charge in [-0.3, -0.25) is 4.79 Å². The maximum Gasteiger partial charge on any atom is 0.319 e. The van der Waals surface area contributed by atoms with Gasteiger partial charge in [0.15, 0.2) is 11.6 Å². The summed E-state index contributed by atoms with van der Waals surface area (Å²) in [5.74, 6) is -2.11. The maximum atomic E-state index is 13.3. The molecule has 0 aliphatic heterocycles. The van der Waals surface area contributed by atoms with E-state index in [9.17, 15) is 18.4 Å². The maximum absolute atomic E-state index is 13.3. The summed E-state index contributed by atoms with van der Waals surface area (Å²) in [6.45, 7) is 7.32. The van der Waals surface area contributed by atoms with Gasteiger partial charge in [0.2, 0.25) is 0 Å². The minimum Gasteiger partial charge on any atom is -0.347 e. The molecule has 1 atom stereocenters. The van der Waals surface area contributed by atoms with Crippen LogP contribution < -0.4 is 16.0 Å². The average Bonchev–Trinajstić information content (AvgIpc) is 2.56. The molecule has 7 heteroatoms. The zero-order valence-corrected chi connectivity index (χ0v) is 15.7. The third-order valence-electron chi connectivity index (χ3n) is 3.68. The molecule has 27 heavy (non-hydrogen) atoms. The van der Waals surface area contributed by atoms with Gasteiger partial charge < -0.3 is 16.0 Å². The zero-order valence-electron chi connectivity index (χ0n) is 15.7. The highest BCUT2D eigenvalue weighted by Crippen LogP contribution is 2.16. The largest absolute Gasteiger partial charge is 0.347 e. The lowest BCUT2D eigenvalue weighted by atomic mass is 10.1. The number of carbonyl (C=O) groups is 2. The van der Waals surface area contributed by atoms with Crippen LogP contribution in [0.5, 0.6) is 0 Å². The summed E-state index contributed by atoms with van der Waals surface area (Å²) in [5, 5.41) is 8.13. The molecule has 3 amide bonds. The van der Waals surface area contributed by atoms with Gasteiger partial charge in [-0.05, 0) is 69.7 Å². The third kappa shape index (κ3) is 6.06. The molecular formula is C20H23F2N3O2. The summed E-state index contributed by atoms with van der Waals surface area (Å²) in [6, 6.07) is 8.89. The highest BCUT2D eigenvalue weighted by molar-refractivity contribution is 5.96. The van der Waals surface area contributed by atoms with Crippen LogP contribution in [0.1, 0.15) is 49.7 Å². The van der Waals surface area contributed by atoms with E-state index in [4.69, 9.17) is 0 Å². The van der Waals surface area contributed by atoms with Gasteiger partial charge in [-0.2, -0.15) is 0 Å². The van der Waals surface area contributed by atoms with E-state index in [1.165, 1.54) is 6.07 Å². The number of rotatable bonds is 4. The van der Waals surface area contributed by atoms with Gasteiger partial charge >= 0.3 is 6.03 Å². The lowest BCUT2D eigenvalue weighted by Crippen LogP contribution is -2.40. The summed E-state index contributed by atoms with van der Waals surface area (Å²) in [5.41, 5.74) is 1.07.